The Morgan fingerprint density at radius 2 is 1.88 bits per heavy atom. The number of hydrogen-bond acceptors (Lipinski definition) is 5. The van der Waals surface area contributed by atoms with Gasteiger partial charge in [0.05, 0.1) is 16.2 Å². The maximum atomic E-state index is 13.4. The number of benzene rings is 2. The van der Waals surface area contributed by atoms with E-state index in [0.29, 0.717) is 21.3 Å². The average molecular weight is 464 g/mol. The van der Waals surface area contributed by atoms with Gasteiger partial charge in [0, 0.05) is 17.8 Å². The summed E-state index contributed by atoms with van der Waals surface area (Å²) in [6, 6.07) is 13.0. The number of aryl methyl sites for hydroxylation is 2. The van der Waals surface area contributed by atoms with E-state index in [0.717, 1.165) is 22.9 Å². The fourth-order valence-electron chi connectivity index (χ4n) is 3.70. The van der Waals surface area contributed by atoms with Gasteiger partial charge in [-0.2, -0.15) is 0 Å². The molecule has 2 aliphatic heterocycles. The Labute approximate surface area is 196 Å². The molecule has 0 aliphatic carbocycles. The summed E-state index contributed by atoms with van der Waals surface area (Å²) in [7, 11) is 0. The number of para-hydroxylation sites is 1. The molecule has 1 saturated heterocycles. The molecule has 32 heavy (non-hydrogen) atoms. The number of rotatable bonds is 5. The Balaban J connectivity index is 1.66. The number of carbonyl (C=O) groups is 3. The Morgan fingerprint density at radius 3 is 2.62 bits per heavy atom. The second-order valence-corrected chi connectivity index (χ2v) is 9.20. The smallest absolute Gasteiger partial charge is 0.267 e. The van der Waals surface area contributed by atoms with E-state index in [1.165, 1.54) is 9.80 Å². The number of nitrogens with one attached hydrogen (secondary N) is 1. The van der Waals surface area contributed by atoms with Crippen LogP contribution in [-0.4, -0.2) is 40.0 Å². The van der Waals surface area contributed by atoms with Crippen LogP contribution in [-0.2, 0) is 14.4 Å². The van der Waals surface area contributed by atoms with E-state index < -0.39 is 0 Å². The molecule has 1 N–H and O–H groups in total. The zero-order chi connectivity index (χ0) is 23.0. The summed E-state index contributed by atoms with van der Waals surface area (Å²) in [6.07, 6.45) is 1.59. The van der Waals surface area contributed by atoms with Crippen LogP contribution in [0.25, 0.3) is 5.57 Å². The number of thioether (sulfide) groups is 1. The molecule has 3 amide bonds. The molecule has 2 aromatic carbocycles. The second-order valence-electron chi connectivity index (χ2n) is 7.55. The van der Waals surface area contributed by atoms with E-state index in [-0.39, 0.29) is 41.3 Å². The van der Waals surface area contributed by atoms with Crippen molar-refractivity contribution in [1.82, 2.24) is 4.90 Å². The molecule has 4 rings (SSSR count). The van der Waals surface area contributed by atoms with E-state index in [9.17, 15) is 14.4 Å². The maximum absolute atomic E-state index is 13.4. The molecule has 8 heteroatoms. The molecule has 6 nitrogen and oxygen atoms in total. The van der Waals surface area contributed by atoms with Crippen LogP contribution in [0.2, 0.25) is 0 Å². The largest absolute Gasteiger partial charge is 0.324 e. The van der Waals surface area contributed by atoms with Gasteiger partial charge in [0.15, 0.2) is 0 Å². The van der Waals surface area contributed by atoms with Crippen LogP contribution in [0.15, 0.2) is 60.0 Å². The lowest BCUT2D eigenvalue weighted by molar-refractivity contribution is -0.122. The van der Waals surface area contributed by atoms with E-state index in [2.05, 4.69) is 11.9 Å². The maximum Gasteiger partial charge on any atom is 0.267 e. The highest BCUT2D eigenvalue weighted by atomic mass is 32.2. The van der Waals surface area contributed by atoms with Gasteiger partial charge in [0.1, 0.15) is 10.9 Å². The van der Waals surface area contributed by atoms with Crippen molar-refractivity contribution in [3.63, 3.8) is 0 Å². The number of thiocarbonyl (C=S) groups is 1. The van der Waals surface area contributed by atoms with Crippen LogP contribution in [0.4, 0.5) is 11.4 Å². The Hall–Kier alpha value is -3.23. The summed E-state index contributed by atoms with van der Waals surface area (Å²) in [4.78, 5) is 42.3. The van der Waals surface area contributed by atoms with Crippen LogP contribution in [0.3, 0.4) is 0 Å². The lowest BCUT2D eigenvalue weighted by atomic mass is 10.1. The third-order valence-electron chi connectivity index (χ3n) is 5.28. The molecule has 0 atom stereocenters. The first-order valence-corrected chi connectivity index (χ1v) is 11.2. The molecular formula is C24H21N3O3S2. The second kappa shape index (κ2) is 8.72. The molecule has 0 saturated carbocycles. The van der Waals surface area contributed by atoms with E-state index >= 15 is 0 Å². The van der Waals surface area contributed by atoms with Crippen molar-refractivity contribution in [3.05, 3.63) is 76.7 Å². The highest BCUT2D eigenvalue weighted by Gasteiger charge is 2.42. The summed E-state index contributed by atoms with van der Waals surface area (Å²) >= 11 is 6.43. The summed E-state index contributed by atoms with van der Waals surface area (Å²) in [5.41, 5.74) is 4.17. The third-order valence-corrected chi connectivity index (χ3v) is 6.73. The predicted molar refractivity (Wildman–Crippen MR) is 132 cm³/mol. The predicted octanol–water partition coefficient (Wildman–Crippen LogP) is 4.05. The van der Waals surface area contributed by atoms with Crippen LogP contribution < -0.4 is 10.2 Å². The van der Waals surface area contributed by atoms with Crippen molar-refractivity contribution in [3.8, 4) is 0 Å². The average Bonchev–Trinajstić information content (AvgIpc) is 3.19. The normalized spacial score (nSPS) is 17.8. The first-order valence-electron chi connectivity index (χ1n) is 9.99. The fourth-order valence-corrected chi connectivity index (χ4v) is 5.04. The van der Waals surface area contributed by atoms with Crippen LogP contribution in [0.5, 0.6) is 0 Å². The van der Waals surface area contributed by atoms with Crippen molar-refractivity contribution in [1.29, 1.82) is 0 Å². The number of anilines is 2. The molecular weight excluding hydrogens is 442 g/mol. The van der Waals surface area contributed by atoms with Crippen molar-refractivity contribution >= 4 is 63.0 Å². The quantitative estimate of drug-likeness (QED) is 0.412. The van der Waals surface area contributed by atoms with E-state index in [1.807, 2.05) is 32.0 Å². The lowest BCUT2D eigenvalue weighted by Crippen LogP contribution is -2.35. The molecule has 0 spiro atoms. The van der Waals surface area contributed by atoms with Crippen LogP contribution in [0.1, 0.15) is 16.7 Å². The first-order chi connectivity index (χ1) is 15.3. The minimum atomic E-state index is -0.388. The molecule has 0 bridgehead atoms. The fraction of sp³-hybridized carbons (Fsp3) is 0.167. The van der Waals surface area contributed by atoms with Gasteiger partial charge in [-0.3, -0.25) is 24.2 Å². The van der Waals surface area contributed by atoms with Gasteiger partial charge >= 0.3 is 0 Å². The van der Waals surface area contributed by atoms with Gasteiger partial charge in [-0.25, -0.2) is 0 Å². The number of hydrogen-bond donors (Lipinski definition) is 1. The van der Waals surface area contributed by atoms with Gasteiger partial charge in [0.25, 0.3) is 11.8 Å². The summed E-state index contributed by atoms with van der Waals surface area (Å²) < 4.78 is 0.383. The van der Waals surface area contributed by atoms with Crippen LogP contribution >= 0.6 is 24.0 Å². The topological polar surface area (TPSA) is 69.7 Å². The minimum Gasteiger partial charge on any atom is -0.324 e. The van der Waals surface area contributed by atoms with Crippen molar-refractivity contribution < 1.29 is 14.4 Å². The number of carbonyl (C=O) groups excluding carboxylic acids is 3. The molecule has 162 valence electrons. The van der Waals surface area contributed by atoms with Gasteiger partial charge < -0.3 is 5.32 Å². The van der Waals surface area contributed by atoms with Crippen LogP contribution in [0, 0.1) is 13.8 Å². The molecule has 0 aromatic heterocycles. The van der Waals surface area contributed by atoms with Crippen molar-refractivity contribution in [2.45, 2.75) is 13.8 Å². The standard InChI is InChI=1S/C24H21N3O3S2/c1-4-11-26-23(30)21(32-24(26)31)20-16-7-5-6-8-18(16)27(22(20)29)13-19(28)25-17-12-14(2)9-10-15(17)3/h4-10,12H,1,11,13H2,2-3H3,(H,25,28). The number of fused-ring (bicyclic) bond motifs is 1. The van der Waals surface area contributed by atoms with E-state index in [4.69, 9.17) is 12.2 Å². The monoisotopic (exact) mass is 463 g/mol. The number of amides is 3. The van der Waals surface area contributed by atoms with Gasteiger partial charge in [-0.1, -0.05) is 60.4 Å². The molecule has 2 heterocycles. The zero-order valence-corrected chi connectivity index (χ0v) is 19.3. The molecule has 1 fully saturated rings. The van der Waals surface area contributed by atoms with Crippen molar-refractivity contribution in [2.75, 3.05) is 23.3 Å². The minimum absolute atomic E-state index is 0.167. The van der Waals surface area contributed by atoms with Gasteiger partial charge in [-0.05, 0) is 37.1 Å². The highest BCUT2D eigenvalue weighted by Crippen LogP contribution is 2.44. The SMILES string of the molecule is C=CCN1C(=O)C(=C2C(=O)N(CC(=O)Nc3cc(C)ccc3C)c3ccccc32)SC1=S. The Bertz CT molecular complexity index is 1220. The summed E-state index contributed by atoms with van der Waals surface area (Å²) in [5.74, 6) is -1.02. The highest BCUT2D eigenvalue weighted by molar-refractivity contribution is 8.26. The number of nitrogens with zero attached hydrogens (tertiary/aromatic N) is 2. The Morgan fingerprint density at radius 1 is 1.12 bits per heavy atom. The Kier molecular flexibility index (Phi) is 5.99. The molecule has 0 radical (unpaired) electrons. The molecule has 2 aromatic rings. The lowest BCUT2D eigenvalue weighted by Gasteiger charge is -2.17. The zero-order valence-electron chi connectivity index (χ0n) is 17.7. The van der Waals surface area contributed by atoms with Gasteiger partial charge in [0.2, 0.25) is 5.91 Å². The molecule has 0 unspecified atom stereocenters. The molecule has 2 aliphatic rings. The summed E-state index contributed by atoms with van der Waals surface area (Å²) in [5, 5.41) is 2.89. The van der Waals surface area contributed by atoms with E-state index in [1.54, 1.807) is 30.3 Å². The first kappa shape index (κ1) is 22.0. The van der Waals surface area contributed by atoms with Crippen molar-refractivity contribution in [2.24, 2.45) is 0 Å². The third kappa shape index (κ3) is 3.87. The summed E-state index contributed by atoms with van der Waals surface area (Å²) in [6.45, 7) is 7.63. The van der Waals surface area contributed by atoms with Gasteiger partial charge in [-0.15, -0.1) is 6.58 Å².